The zero-order chi connectivity index (χ0) is 33.8. The molecule has 10 nitrogen and oxygen atoms in total. The maximum Gasteiger partial charge on any atom is 0.339 e. The predicted octanol–water partition coefficient (Wildman–Crippen LogP) is 6.07. The van der Waals surface area contributed by atoms with Crippen molar-refractivity contribution in [3.05, 3.63) is 101 Å². The van der Waals surface area contributed by atoms with Crippen molar-refractivity contribution in [2.45, 2.75) is 52.7 Å². The number of methoxy groups -OCH3 is 2. The fourth-order valence-corrected chi connectivity index (χ4v) is 6.52. The number of allylic oxidation sites excluding steroid dienone is 1. The van der Waals surface area contributed by atoms with E-state index in [-0.39, 0.29) is 23.8 Å². The van der Waals surface area contributed by atoms with E-state index in [1.54, 1.807) is 82.5 Å². The molecule has 4 aromatic rings. The molecule has 0 saturated heterocycles. The van der Waals surface area contributed by atoms with Crippen molar-refractivity contribution in [1.29, 1.82) is 0 Å². The summed E-state index contributed by atoms with van der Waals surface area (Å²) in [5.74, 6) is 0.660. The van der Waals surface area contributed by atoms with Crippen molar-refractivity contribution < 1.29 is 33.0 Å². The van der Waals surface area contributed by atoms with E-state index in [4.69, 9.17) is 40.0 Å². The van der Waals surface area contributed by atoms with Crippen molar-refractivity contribution >= 4 is 41.0 Å². The molecule has 1 atom stereocenters. The van der Waals surface area contributed by atoms with E-state index < -0.39 is 18.0 Å². The number of carbonyl (C=O) groups excluding carboxylic acids is 2. The summed E-state index contributed by atoms with van der Waals surface area (Å²) in [6.45, 7) is 7.41. The maximum atomic E-state index is 14.2. The second-order valence-corrected chi connectivity index (χ2v) is 12.3. The second kappa shape index (κ2) is 14.4. The number of halogens is 1. The number of furan rings is 1. The van der Waals surface area contributed by atoms with Gasteiger partial charge in [0, 0.05) is 22.2 Å². The van der Waals surface area contributed by atoms with Crippen LogP contribution >= 0.6 is 22.9 Å². The Morgan fingerprint density at radius 1 is 1.06 bits per heavy atom. The molecule has 1 aliphatic rings. The Balaban J connectivity index is 1.69. The minimum absolute atomic E-state index is 0.151. The summed E-state index contributed by atoms with van der Waals surface area (Å²) in [7, 11) is 3.07. The molecule has 1 aliphatic heterocycles. The van der Waals surface area contributed by atoms with Crippen LogP contribution in [0, 0.1) is 0 Å². The normalized spacial score (nSPS) is 14.6. The van der Waals surface area contributed by atoms with E-state index in [9.17, 15) is 14.4 Å². The number of carbonyl (C=O) groups is 2. The van der Waals surface area contributed by atoms with Gasteiger partial charge in [-0.05, 0) is 75.7 Å². The summed E-state index contributed by atoms with van der Waals surface area (Å²) in [6, 6.07) is 12.6. The molecule has 0 spiro atoms. The Morgan fingerprint density at radius 2 is 1.85 bits per heavy atom. The monoisotopic (exact) mass is 678 g/mol. The first-order valence-electron chi connectivity index (χ1n) is 15.1. The Hall–Kier alpha value is -4.61. The van der Waals surface area contributed by atoms with Crippen LogP contribution in [0.1, 0.15) is 68.3 Å². The highest BCUT2D eigenvalue weighted by molar-refractivity contribution is 7.07. The van der Waals surface area contributed by atoms with Crippen LogP contribution in [0.3, 0.4) is 0 Å². The zero-order valence-electron chi connectivity index (χ0n) is 26.9. The van der Waals surface area contributed by atoms with Crippen molar-refractivity contribution in [2.75, 3.05) is 20.8 Å². The van der Waals surface area contributed by atoms with Crippen molar-refractivity contribution in [3.63, 3.8) is 0 Å². The molecule has 0 bridgehead atoms. The van der Waals surface area contributed by atoms with Crippen molar-refractivity contribution in [3.8, 4) is 22.8 Å². The summed E-state index contributed by atoms with van der Waals surface area (Å²) < 4.78 is 30.0. The van der Waals surface area contributed by atoms with Gasteiger partial charge in [0.2, 0.25) is 0 Å². The van der Waals surface area contributed by atoms with E-state index in [2.05, 4.69) is 0 Å². The smallest absolute Gasteiger partial charge is 0.339 e. The van der Waals surface area contributed by atoms with Gasteiger partial charge in [0.15, 0.2) is 4.80 Å². The summed E-state index contributed by atoms with van der Waals surface area (Å²) in [6.07, 6.45) is 2.50. The van der Waals surface area contributed by atoms with E-state index in [0.29, 0.717) is 72.6 Å². The number of benzene rings is 2. The van der Waals surface area contributed by atoms with Gasteiger partial charge in [-0.15, -0.1) is 0 Å². The van der Waals surface area contributed by atoms with Crippen LogP contribution in [-0.2, 0) is 14.3 Å². The molecular weight excluding hydrogens is 644 g/mol. The van der Waals surface area contributed by atoms with E-state index in [1.165, 1.54) is 23.0 Å². The molecular formula is C35H35ClN2O8S. The van der Waals surface area contributed by atoms with Gasteiger partial charge in [0.25, 0.3) is 5.56 Å². The lowest BCUT2D eigenvalue weighted by Crippen LogP contribution is -2.40. The average Bonchev–Trinajstić information content (AvgIpc) is 3.63. The fraction of sp³-hybridized carbons (Fsp3) is 0.314. The van der Waals surface area contributed by atoms with Gasteiger partial charge in [-0.1, -0.05) is 36.3 Å². The van der Waals surface area contributed by atoms with Crippen LogP contribution in [0.4, 0.5) is 0 Å². The molecule has 2 aromatic heterocycles. The SMILES string of the molecule is CCCC1=C(C(=O)OCC)[C@@H](c2cc(OC)ccc2OC)n2c(s/c(=C\c3ccc(-c4cc(Cl)ccc4C(=O)OC(C)C)o3)c2=O)=N1. The number of nitrogens with zero attached hydrogens (tertiary/aromatic N) is 2. The topological polar surface area (TPSA) is 119 Å². The van der Waals surface area contributed by atoms with Gasteiger partial charge in [-0.3, -0.25) is 9.36 Å². The molecule has 2 aromatic carbocycles. The van der Waals surface area contributed by atoms with Gasteiger partial charge in [0.05, 0.1) is 48.3 Å². The standard InChI is InChI=1S/C35H35ClN2O8S/c1-7-9-26-30(34(41)44-8-2)31(25-17-21(42-5)11-14-27(25)43-6)38-32(39)29(47-35(38)37-26)18-22-12-15-28(46-22)24-16-20(36)10-13-23(24)33(40)45-19(3)4/h10-19,31H,7-9H2,1-6H3/b29-18-/t31-/m1/s1. The average molecular weight is 679 g/mol. The van der Waals surface area contributed by atoms with Crippen LogP contribution in [-0.4, -0.2) is 43.4 Å². The third-order valence-electron chi connectivity index (χ3n) is 7.33. The Bertz CT molecular complexity index is 2040. The van der Waals surface area contributed by atoms with Crippen LogP contribution in [0.25, 0.3) is 17.4 Å². The molecule has 246 valence electrons. The summed E-state index contributed by atoms with van der Waals surface area (Å²) in [5.41, 5.74) is 1.72. The third-order valence-corrected chi connectivity index (χ3v) is 8.55. The number of ether oxygens (including phenoxy) is 4. The molecule has 5 rings (SSSR count). The van der Waals surface area contributed by atoms with Crippen molar-refractivity contribution in [1.82, 2.24) is 4.57 Å². The van der Waals surface area contributed by atoms with E-state index in [0.717, 1.165) is 0 Å². The zero-order valence-corrected chi connectivity index (χ0v) is 28.5. The molecule has 0 fully saturated rings. The number of rotatable bonds is 11. The highest BCUT2D eigenvalue weighted by Crippen LogP contribution is 2.39. The molecule has 0 amide bonds. The maximum absolute atomic E-state index is 14.2. The van der Waals surface area contributed by atoms with Crippen LogP contribution < -0.4 is 24.4 Å². The lowest BCUT2D eigenvalue weighted by atomic mass is 9.93. The number of fused-ring (bicyclic) bond motifs is 1. The number of hydrogen-bond donors (Lipinski definition) is 0. The van der Waals surface area contributed by atoms with Gasteiger partial charge >= 0.3 is 11.9 Å². The number of hydrogen-bond acceptors (Lipinski definition) is 10. The number of esters is 2. The molecule has 47 heavy (non-hydrogen) atoms. The number of thiazole rings is 1. The Morgan fingerprint density at radius 3 is 2.53 bits per heavy atom. The predicted molar refractivity (Wildman–Crippen MR) is 179 cm³/mol. The summed E-state index contributed by atoms with van der Waals surface area (Å²) in [5, 5.41) is 0.417. The Kier molecular flexibility index (Phi) is 10.4. The molecule has 3 heterocycles. The minimum atomic E-state index is -0.896. The first kappa shape index (κ1) is 33.7. The second-order valence-electron chi connectivity index (χ2n) is 10.9. The lowest BCUT2D eigenvalue weighted by molar-refractivity contribution is -0.139. The first-order valence-corrected chi connectivity index (χ1v) is 16.3. The molecule has 0 radical (unpaired) electrons. The highest BCUT2D eigenvalue weighted by Gasteiger charge is 2.36. The van der Waals surface area contributed by atoms with Crippen LogP contribution in [0.15, 0.2) is 74.0 Å². The van der Waals surface area contributed by atoms with Gasteiger partial charge in [0.1, 0.15) is 29.1 Å². The van der Waals surface area contributed by atoms with Gasteiger partial charge < -0.3 is 23.4 Å². The summed E-state index contributed by atoms with van der Waals surface area (Å²) >= 11 is 7.45. The largest absolute Gasteiger partial charge is 0.497 e. The molecule has 0 N–H and O–H groups in total. The van der Waals surface area contributed by atoms with E-state index in [1.807, 2.05) is 6.92 Å². The number of aromatic nitrogens is 1. The highest BCUT2D eigenvalue weighted by atomic mass is 35.5. The first-order chi connectivity index (χ1) is 22.6. The third kappa shape index (κ3) is 6.91. The van der Waals surface area contributed by atoms with Gasteiger partial charge in [-0.2, -0.15) is 0 Å². The molecule has 0 saturated carbocycles. The van der Waals surface area contributed by atoms with Crippen LogP contribution in [0.2, 0.25) is 5.02 Å². The molecule has 0 unspecified atom stereocenters. The summed E-state index contributed by atoms with van der Waals surface area (Å²) in [4.78, 5) is 45.8. The fourth-order valence-electron chi connectivity index (χ4n) is 5.35. The molecule has 0 aliphatic carbocycles. The molecule has 12 heteroatoms. The Labute approximate surface area is 280 Å². The minimum Gasteiger partial charge on any atom is -0.497 e. The van der Waals surface area contributed by atoms with E-state index >= 15 is 0 Å². The van der Waals surface area contributed by atoms with Gasteiger partial charge in [-0.25, -0.2) is 14.6 Å². The van der Waals surface area contributed by atoms with Crippen LogP contribution in [0.5, 0.6) is 11.5 Å². The quantitative estimate of drug-likeness (QED) is 0.175. The lowest BCUT2D eigenvalue weighted by Gasteiger charge is -2.27. The van der Waals surface area contributed by atoms with Crippen molar-refractivity contribution in [2.24, 2.45) is 4.99 Å².